The predicted molar refractivity (Wildman–Crippen MR) is 131 cm³/mol. The first-order chi connectivity index (χ1) is 15.8. The van der Waals surface area contributed by atoms with Gasteiger partial charge in [0.1, 0.15) is 22.6 Å². The number of benzene rings is 3. The van der Waals surface area contributed by atoms with E-state index in [0.717, 1.165) is 26.7 Å². The lowest BCUT2D eigenvalue weighted by Gasteiger charge is -2.05. The Labute approximate surface area is 199 Å². The molecule has 0 heterocycles. The van der Waals surface area contributed by atoms with Gasteiger partial charge in [-0.25, -0.2) is 9.59 Å². The Morgan fingerprint density at radius 3 is 1.58 bits per heavy atom. The van der Waals surface area contributed by atoms with Gasteiger partial charge in [0, 0.05) is 4.47 Å². The lowest BCUT2D eigenvalue weighted by molar-refractivity contribution is 0.0588. The zero-order chi connectivity index (χ0) is 24.0. The first kappa shape index (κ1) is 23.8. The highest BCUT2D eigenvalue weighted by atomic mass is 79.9. The van der Waals surface area contributed by atoms with E-state index in [1.54, 1.807) is 24.3 Å². The van der Waals surface area contributed by atoms with E-state index in [2.05, 4.69) is 25.4 Å². The molecule has 2 N–H and O–H groups in total. The Morgan fingerprint density at radius 2 is 1.12 bits per heavy atom. The number of carbonyl (C=O) groups is 2. The number of esters is 2. The summed E-state index contributed by atoms with van der Waals surface area (Å²) >= 11 is 3.56. The summed E-state index contributed by atoms with van der Waals surface area (Å²) in [5, 5.41) is 19.6. The van der Waals surface area contributed by atoms with Gasteiger partial charge in [-0.05, 0) is 52.6 Å². The van der Waals surface area contributed by atoms with Crippen LogP contribution in [0.2, 0.25) is 0 Å². The molecule has 0 spiro atoms. The number of methoxy groups -OCH3 is 2. The third-order valence-electron chi connectivity index (χ3n) is 4.80. The van der Waals surface area contributed by atoms with Crippen molar-refractivity contribution in [1.29, 1.82) is 0 Å². The molecule has 0 aliphatic carbocycles. The molecule has 7 heteroatoms. The molecule has 3 aromatic carbocycles. The minimum absolute atomic E-state index is 0.101. The summed E-state index contributed by atoms with van der Waals surface area (Å²) in [7, 11) is 2.52. The van der Waals surface area contributed by atoms with Crippen LogP contribution in [-0.4, -0.2) is 36.4 Å². The van der Waals surface area contributed by atoms with Gasteiger partial charge in [-0.1, -0.05) is 64.5 Å². The molecule has 3 aromatic rings. The molecular formula is C26H21BrO6. The summed E-state index contributed by atoms with van der Waals surface area (Å²) < 4.78 is 10.2. The molecule has 0 fully saturated rings. The van der Waals surface area contributed by atoms with Gasteiger partial charge in [0.05, 0.1) is 14.2 Å². The summed E-state index contributed by atoms with van der Waals surface area (Å²) in [6, 6.07) is 15.2. The molecule has 0 saturated carbocycles. The molecule has 6 nitrogen and oxygen atoms in total. The van der Waals surface area contributed by atoms with Crippen molar-refractivity contribution < 1.29 is 29.3 Å². The minimum Gasteiger partial charge on any atom is -0.507 e. The quantitative estimate of drug-likeness (QED) is 0.248. The summed E-state index contributed by atoms with van der Waals surface area (Å²) in [4.78, 5) is 23.5. The Balaban J connectivity index is 1.78. The molecule has 0 aliphatic rings. The highest BCUT2D eigenvalue weighted by Gasteiger charge is 2.12. The standard InChI is InChI=1S/C26H21BrO6/c1-32-25(30)20-13-16(7-11-23(20)28)3-4-18-6-10-19(22(27)15-18)9-5-17-8-12-24(29)21(14-17)26(31)33-2/h3-15,28-29H,1-2H3/b4-3+,9-5+/i4+1,9+1. The lowest BCUT2D eigenvalue weighted by Crippen LogP contribution is -2.01. The second kappa shape index (κ2) is 10.7. The maximum atomic E-state index is 11.7. The summed E-state index contributed by atoms with van der Waals surface area (Å²) in [5.74, 6) is -1.48. The average molecular weight is 511 g/mol. The van der Waals surface area contributed by atoms with E-state index in [1.165, 1.54) is 26.4 Å². The van der Waals surface area contributed by atoms with Crippen LogP contribution in [0, 0.1) is 0 Å². The molecule has 0 aliphatic heterocycles. The monoisotopic (exact) mass is 510 g/mol. The van der Waals surface area contributed by atoms with Crippen molar-refractivity contribution >= 4 is 52.2 Å². The molecule has 3 rings (SSSR count). The molecule has 168 valence electrons. The van der Waals surface area contributed by atoms with Crippen molar-refractivity contribution in [2.75, 3.05) is 14.2 Å². The largest absolute Gasteiger partial charge is 0.507 e. The first-order valence-electron chi connectivity index (χ1n) is 9.80. The van der Waals surface area contributed by atoms with Gasteiger partial charge in [-0.3, -0.25) is 0 Å². The predicted octanol–water partition coefficient (Wildman–Crippen LogP) is 5.77. The van der Waals surface area contributed by atoms with Crippen molar-refractivity contribution in [2.24, 2.45) is 0 Å². The molecule has 33 heavy (non-hydrogen) atoms. The van der Waals surface area contributed by atoms with Crippen LogP contribution in [-0.2, 0) is 9.47 Å². The Kier molecular flexibility index (Phi) is 7.69. The number of ether oxygens (including phenoxy) is 2. The van der Waals surface area contributed by atoms with E-state index >= 15 is 0 Å². The van der Waals surface area contributed by atoms with Crippen molar-refractivity contribution in [3.05, 3.63) is 92.5 Å². The fourth-order valence-electron chi connectivity index (χ4n) is 3.02. The van der Waals surface area contributed by atoms with E-state index in [0.29, 0.717) is 0 Å². The zero-order valence-corrected chi connectivity index (χ0v) is 19.5. The fraction of sp³-hybridized carbons (Fsp3) is 0.0769. The van der Waals surface area contributed by atoms with Crippen LogP contribution >= 0.6 is 15.9 Å². The smallest absolute Gasteiger partial charge is 0.341 e. The molecule has 0 bridgehead atoms. The topological polar surface area (TPSA) is 93.1 Å². The highest BCUT2D eigenvalue weighted by Crippen LogP contribution is 2.25. The van der Waals surface area contributed by atoms with Gasteiger partial charge in [0.2, 0.25) is 0 Å². The lowest BCUT2D eigenvalue weighted by atomic mass is 10.1. The Hall–Kier alpha value is -3.84. The summed E-state index contributed by atoms with van der Waals surface area (Å²) in [6.07, 6.45) is 7.42. The van der Waals surface area contributed by atoms with Gasteiger partial charge in [0.15, 0.2) is 0 Å². The van der Waals surface area contributed by atoms with Crippen LogP contribution in [0.15, 0.2) is 59.1 Å². The number of hydrogen-bond donors (Lipinski definition) is 2. The molecule has 0 radical (unpaired) electrons. The first-order valence-corrected chi connectivity index (χ1v) is 10.6. The second-order valence-corrected chi connectivity index (χ2v) is 7.84. The maximum Gasteiger partial charge on any atom is 0.341 e. The van der Waals surface area contributed by atoms with Crippen LogP contribution in [0.3, 0.4) is 0 Å². The number of aromatic hydroxyl groups is 2. The summed E-state index contributed by atoms with van der Waals surface area (Å²) in [6.45, 7) is 0. The number of phenols is 2. The van der Waals surface area contributed by atoms with Crippen LogP contribution in [0.1, 0.15) is 43.0 Å². The molecule has 0 saturated heterocycles. The molecule has 0 aromatic heterocycles. The van der Waals surface area contributed by atoms with Gasteiger partial charge in [-0.15, -0.1) is 0 Å². The van der Waals surface area contributed by atoms with Crippen LogP contribution in [0.5, 0.6) is 11.5 Å². The van der Waals surface area contributed by atoms with E-state index in [-0.39, 0.29) is 22.6 Å². The third-order valence-corrected chi connectivity index (χ3v) is 5.49. The number of phenolic OH excluding ortho intramolecular Hbond substituents is 2. The maximum absolute atomic E-state index is 11.7. The number of rotatable bonds is 6. The molecule has 0 amide bonds. The normalized spacial score (nSPS) is 11.1. The fourth-order valence-corrected chi connectivity index (χ4v) is 3.55. The third kappa shape index (κ3) is 5.90. The van der Waals surface area contributed by atoms with Crippen LogP contribution in [0.25, 0.3) is 24.3 Å². The van der Waals surface area contributed by atoms with E-state index in [4.69, 9.17) is 0 Å². The second-order valence-electron chi connectivity index (χ2n) is 6.98. The number of carbonyl (C=O) groups excluding carboxylic acids is 2. The number of hydrogen-bond acceptors (Lipinski definition) is 6. The molecule has 0 atom stereocenters. The summed E-state index contributed by atoms with van der Waals surface area (Å²) in [5.41, 5.74) is 3.51. The zero-order valence-electron chi connectivity index (χ0n) is 17.9. The molecular weight excluding hydrogens is 490 g/mol. The van der Waals surface area contributed by atoms with Crippen LogP contribution in [0.4, 0.5) is 0 Å². The Morgan fingerprint density at radius 1 is 0.697 bits per heavy atom. The van der Waals surface area contributed by atoms with Crippen LogP contribution < -0.4 is 0 Å². The van der Waals surface area contributed by atoms with Crippen molar-refractivity contribution in [3.8, 4) is 11.5 Å². The highest BCUT2D eigenvalue weighted by molar-refractivity contribution is 9.10. The van der Waals surface area contributed by atoms with Gasteiger partial charge in [-0.2, -0.15) is 0 Å². The SMILES string of the molecule is COC(=O)c1cc(/C=[13CH]/c2ccc(/[13CH]=C/c3ccc(O)c(C(=O)OC)c3)c(Br)c2)ccc1O. The van der Waals surface area contributed by atoms with Gasteiger partial charge < -0.3 is 19.7 Å². The van der Waals surface area contributed by atoms with Crippen molar-refractivity contribution in [2.45, 2.75) is 0 Å². The van der Waals surface area contributed by atoms with Crippen molar-refractivity contribution in [3.63, 3.8) is 0 Å². The minimum atomic E-state index is -0.604. The Bertz CT molecular complexity index is 1260. The van der Waals surface area contributed by atoms with Gasteiger partial charge in [0.25, 0.3) is 0 Å². The van der Waals surface area contributed by atoms with E-state index in [1.807, 2.05) is 42.5 Å². The average Bonchev–Trinajstić information content (AvgIpc) is 2.82. The number of halogens is 1. The van der Waals surface area contributed by atoms with Gasteiger partial charge >= 0.3 is 11.9 Å². The van der Waals surface area contributed by atoms with Crippen molar-refractivity contribution in [1.82, 2.24) is 0 Å². The van der Waals surface area contributed by atoms with E-state index < -0.39 is 11.9 Å². The molecule has 0 unspecified atom stereocenters. The van der Waals surface area contributed by atoms with E-state index in [9.17, 15) is 19.8 Å².